The van der Waals surface area contributed by atoms with Crippen molar-refractivity contribution in [1.29, 1.82) is 0 Å². The van der Waals surface area contributed by atoms with Crippen LogP contribution in [0.25, 0.3) is 17.4 Å². The maximum Gasteiger partial charge on any atom is 0.335 e. The number of halogens is 2. The molecule has 1 aliphatic rings. The van der Waals surface area contributed by atoms with Crippen LogP contribution in [-0.4, -0.2) is 39.6 Å². The van der Waals surface area contributed by atoms with Crippen molar-refractivity contribution >= 4 is 69.8 Å². The maximum absolute atomic E-state index is 12.8. The van der Waals surface area contributed by atoms with Crippen LogP contribution in [0.15, 0.2) is 57.9 Å². The molecule has 3 aromatic rings. The number of carboxylic acid groups (broad SMARTS) is 1. The molecule has 178 valence electrons. The van der Waals surface area contributed by atoms with E-state index in [1.165, 1.54) is 24.3 Å². The second kappa shape index (κ2) is 9.99. The van der Waals surface area contributed by atoms with Crippen molar-refractivity contribution < 1.29 is 28.7 Å². The lowest BCUT2D eigenvalue weighted by atomic mass is 10.1. The molecule has 1 aliphatic heterocycles. The Morgan fingerprint density at radius 2 is 1.89 bits per heavy atom. The first-order valence-electron chi connectivity index (χ1n) is 10.1. The van der Waals surface area contributed by atoms with Gasteiger partial charge in [-0.2, -0.15) is 0 Å². The maximum atomic E-state index is 12.8. The average molecular weight is 531 g/mol. The summed E-state index contributed by atoms with van der Waals surface area (Å²) in [5.41, 5.74) is 1.67. The zero-order valence-corrected chi connectivity index (χ0v) is 20.3. The number of imide groups is 1. The molecule has 0 radical (unpaired) electrons. The van der Waals surface area contributed by atoms with Gasteiger partial charge in [0.15, 0.2) is 0 Å². The number of aromatic carboxylic acids is 1. The molecule has 2 N–H and O–H groups in total. The predicted molar refractivity (Wildman–Crippen MR) is 134 cm³/mol. The molecular weight excluding hydrogens is 515 g/mol. The molecule has 0 saturated carbocycles. The van der Waals surface area contributed by atoms with E-state index < -0.39 is 29.6 Å². The molecule has 2 aromatic carbocycles. The fraction of sp³-hybridized carbons (Fsp3) is 0.0833. The molecule has 0 aliphatic carbocycles. The molecule has 8 nitrogen and oxygen atoms in total. The molecule has 35 heavy (non-hydrogen) atoms. The highest BCUT2D eigenvalue weighted by molar-refractivity contribution is 8.18. The first-order chi connectivity index (χ1) is 16.6. The number of carboxylic acids is 1. The van der Waals surface area contributed by atoms with Crippen LogP contribution in [-0.2, 0) is 9.59 Å². The number of rotatable bonds is 6. The largest absolute Gasteiger partial charge is 0.478 e. The third-order valence-electron chi connectivity index (χ3n) is 5.03. The van der Waals surface area contributed by atoms with Crippen molar-refractivity contribution in [1.82, 2.24) is 4.90 Å². The van der Waals surface area contributed by atoms with Gasteiger partial charge in [-0.3, -0.25) is 19.3 Å². The summed E-state index contributed by atoms with van der Waals surface area (Å²) in [7, 11) is 0. The third-order valence-corrected chi connectivity index (χ3v) is 6.50. The minimum atomic E-state index is -1.11. The summed E-state index contributed by atoms with van der Waals surface area (Å²) >= 11 is 12.8. The van der Waals surface area contributed by atoms with Gasteiger partial charge in [0.2, 0.25) is 5.91 Å². The zero-order valence-electron chi connectivity index (χ0n) is 18.0. The summed E-state index contributed by atoms with van der Waals surface area (Å²) in [5, 5.41) is 12.0. The van der Waals surface area contributed by atoms with E-state index in [0.717, 1.165) is 10.5 Å². The first kappa shape index (κ1) is 24.6. The van der Waals surface area contributed by atoms with Crippen LogP contribution >= 0.6 is 35.0 Å². The number of nitrogens with one attached hydrogen (secondary N) is 1. The quantitative estimate of drug-likeness (QED) is 0.379. The SMILES string of the molecule is Cc1ccc(Cl)cc1NC(=O)CN1C(=O)S/C(=C\c2ccc(-c3cc(C(=O)O)ccc3Cl)o2)C1=O. The van der Waals surface area contributed by atoms with Gasteiger partial charge in [-0.25, -0.2) is 4.79 Å². The average Bonchev–Trinajstić information content (AvgIpc) is 3.36. The van der Waals surface area contributed by atoms with Crippen LogP contribution in [0.1, 0.15) is 21.7 Å². The van der Waals surface area contributed by atoms with Gasteiger partial charge >= 0.3 is 5.97 Å². The number of nitrogens with zero attached hydrogens (tertiary/aromatic N) is 1. The number of anilines is 1. The van der Waals surface area contributed by atoms with Gasteiger partial charge in [-0.05, 0) is 66.7 Å². The normalized spacial score (nSPS) is 14.6. The second-order valence-electron chi connectivity index (χ2n) is 7.48. The molecule has 0 spiro atoms. The summed E-state index contributed by atoms with van der Waals surface area (Å²) in [6.07, 6.45) is 1.38. The summed E-state index contributed by atoms with van der Waals surface area (Å²) in [6.45, 7) is 1.33. The van der Waals surface area contributed by atoms with E-state index in [-0.39, 0.29) is 21.3 Å². The van der Waals surface area contributed by atoms with Crippen LogP contribution in [0, 0.1) is 6.92 Å². The van der Waals surface area contributed by atoms with E-state index in [9.17, 15) is 24.3 Å². The van der Waals surface area contributed by atoms with E-state index >= 15 is 0 Å². The Morgan fingerprint density at radius 1 is 1.11 bits per heavy atom. The minimum Gasteiger partial charge on any atom is -0.478 e. The van der Waals surface area contributed by atoms with Crippen LogP contribution in [0.4, 0.5) is 10.5 Å². The topological polar surface area (TPSA) is 117 Å². The lowest BCUT2D eigenvalue weighted by Gasteiger charge is -2.13. The fourth-order valence-electron chi connectivity index (χ4n) is 3.25. The van der Waals surface area contributed by atoms with Crippen LogP contribution < -0.4 is 5.32 Å². The molecule has 3 amide bonds. The fourth-order valence-corrected chi connectivity index (χ4v) is 4.45. The van der Waals surface area contributed by atoms with Gasteiger partial charge in [0.25, 0.3) is 11.1 Å². The predicted octanol–water partition coefficient (Wildman–Crippen LogP) is 5.94. The number of carbonyl (C=O) groups excluding carboxylic acids is 3. The Morgan fingerprint density at radius 3 is 2.63 bits per heavy atom. The molecule has 4 rings (SSSR count). The number of furan rings is 1. The first-order valence-corrected chi connectivity index (χ1v) is 11.6. The second-order valence-corrected chi connectivity index (χ2v) is 9.31. The highest BCUT2D eigenvalue weighted by Gasteiger charge is 2.36. The third kappa shape index (κ3) is 5.43. The summed E-state index contributed by atoms with van der Waals surface area (Å²) in [4.78, 5) is 49.8. The Balaban J connectivity index is 1.49. The number of benzene rings is 2. The van der Waals surface area contributed by atoms with Gasteiger partial charge in [0.05, 0.1) is 15.5 Å². The number of thioether (sulfide) groups is 1. The van der Waals surface area contributed by atoms with E-state index in [1.54, 1.807) is 37.3 Å². The van der Waals surface area contributed by atoms with Crippen LogP contribution in [0.2, 0.25) is 10.0 Å². The number of hydrogen-bond donors (Lipinski definition) is 2. The number of carbonyl (C=O) groups is 4. The van der Waals surface area contributed by atoms with Crippen molar-refractivity contribution in [3.05, 3.63) is 80.4 Å². The molecule has 0 atom stereocenters. The van der Waals surface area contributed by atoms with Crippen LogP contribution in [0.3, 0.4) is 0 Å². The molecule has 11 heteroatoms. The monoisotopic (exact) mass is 530 g/mol. The van der Waals surface area contributed by atoms with E-state index in [0.29, 0.717) is 33.8 Å². The van der Waals surface area contributed by atoms with Crippen LogP contribution in [0.5, 0.6) is 0 Å². The van der Waals surface area contributed by atoms with Gasteiger partial charge in [0, 0.05) is 22.3 Å². The number of hydrogen-bond acceptors (Lipinski definition) is 6. The van der Waals surface area contributed by atoms with Crippen molar-refractivity contribution in [3.8, 4) is 11.3 Å². The van der Waals surface area contributed by atoms with Crippen molar-refractivity contribution in [3.63, 3.8) is 0 Å². The standard InChI is InChI=1S/C24H16Cl2N2O6S/c1-12-2-4-14(25)9-18(12)27-21(29)11-28-22(30)20(35-24(28)33)10-15-5-7-19(34-15)16-8-13(23(31)32)3-6-17(16)26/h2-10H,11H2,1H3,(H,27,29)(H,31,32)/b20-10-. The van der Waals surface area contributed by atoms with Gasteiger partial charge in [0.1, 0.15) is 18.1 Å². The Kier molecular flexibility index (Phi) is 7.02. The Bertz CT molecular complexity index is 1410. The molecule has 1 saturated heterocycles. The van der Waals surface area contributed by atoms with Gasteiger partial charge in [-0.15, -0.1) is 0 Å². The highest BCUT2D eigenvalue weighted by atomic mass is 35.5. The summed E-state index contributed by atoms with van der Waals surface area (Å²) in [6, 6.07) is 12.3. The lowest BCUT2D eigenvalue weighted by molar-refractivity contribution is -0.127. The number of amides is 3. The lowest BCUT2D eigenvalue weighted by Crippen LogP contribution is -2.36. The summed E-state index contributed by atoms with van der Waals surface area (Å²) in [5.74, 6) is -1.76. The molecule has 1 aromatic heterocycles. The molecule has 1 fully saturated rings. The zero-order chi connectivity index (χ0) is 25.3. The van der Waals surface area contributed by atoms with Gasteiger partial charge in [-0.1, -0.05) is 29.3 Å². The molecule has 0 unspecified atom stereocenters. The summed E-state index contributed by atoms with van der Waals surface area (Å²) < 4.78 is 5.71. The Hall–Kier alpha value is -3.53. The highest BCUT2D eigenvalue weighted by Crippen LogP contribution is 2.35. The minimum absolute atomic E-state index is 0.0368. The smallest absolute Gasteiger partial charge is 0.335 e. The Labute approximate surface area is 213 Å². The van der Waals surface area contributed by atoms with E-state index in [1.807, 2.05) is 0 Å². The van der Waals surface area contributed by atoms with Crippen molar-refractivity contribution in [2.24, 2.45) is 0 Å². The van der Waals surface area contributed by atoms with E-state index in [4.69, 9.17) is 27.6 Å². The molecule has 0 bridgehead atoms. The number of aryl methyl sites for hydroxylation is 1. The molecule has 2 heterocycles. The van der Waals surface area contributed by atoms with Crippen molar-refractivity contribution in [2.75, 3.05) is 11.9 Å². The molecular formula is C24H16Cl2N2O6S. The van der Waals surface area contributed by atoms with Crippen molar-refractivity contribution in [2.45, 2.75) is 6.92 Å². The van der Waals surface area contributed by atoms with Gasteiger partial charge < -0.3 is 14.8 Å². The van der Waals surface area contributed by atoms with E-state index in [2.05, 4.69) is 5.32 Å².